The van der Waals surface area contributed by atoms with Gasteiger partial charge in [-0.25, -0.2) is 4.98 Å². The molecule has 0 saturated carbocycles. The highest BCUT2D eigenvalue weighted by atomic mass is 16.6. The van der Waals surface area contributed by atoms with Crippen LogP contribution in [0.25, 0.3) is 16.8 Å². The molecule has 4 aromatic rings. The molecule has 6 rings (SSSR count). The van der Waals surface area contributed by atoms with Gasteiger partial charge in [-0.15, -0.1) is 0 Å². The molecule has 10 heteroatoms. The molecule has 3 heterocycles. The number of rotatable bonds is 6. The Labute approximate surface area is 223 Å². The van der Waals surface area contributed by atoms with Crippen molar-refractivity contribution in [3.8, 4) is 23.0 Å². The van der Waals surface area contributed by atoms with Crippen molar-refractivity contribution in [2.45, 2.75) is 13.0 Å². The van der Waals surface area contributed by atoms with E-state index in [1.807, 2.05) is 25.1 Å². The molecule has 1 saturated heterocycles. The lowest BCUT2D eigenvalue weighted by molar-refractivity contribution is -0.132. The highest BCUT2D eigenvalue weighted by molar-refractivity contribution is 6.51. The number of fused-ring (bicyclic) bond motifs is 2. The summed E-state index contributed by atoms with van der Waals surface area (Å²) in [6.07, 6.45) is 0. The smallest absolute Gasteiger partial charge is 0.302 e. The second-order valence-corrected chi connectivity index (χ2v) is 8.95. The quantitative estimate of drug-likeness (QED) is 0.215. The molecule has 1 amide bonds. The van der Waals surface area contributed by atoms with E-state index in [2.05, 4.69) is 9.97 Å². The molecule has 0 radical (unpaired) electrons. The number of aliphatic hydroxyl groups excluding tert-OH is 1. The Hall–Kier alpha value is -4.99. The lowest BCUT2D eigenvalue weighted by Crippen LogP contribution is -2.30. The molecule has 0 spiro atoms. The predicted molar refractivity (Wildman–Crippen MR) is 142 cm³/mol. The number of Topliss-reactive ketones (excluding diaryl/α,β-unsaturated/α-hetero) is 1. The molecular formula is C29H25N3O7. The lowest BCUT2D eigenvalue weighted by Gasteiger charge is -2.24. The van der Waals surface area contributed by atoms with Crippen molar-refractivity contribution in [3.63, 3.8) is 0 Å². The van der Waals surface area contributed by atoms with Crippen molar-refractivity contribution in [1.29, 1.82) is 0 Å². The topological polar surface area (TPSA) is 123 Å². The van der Waals surface area contributed by atoms with Crippen LogP contribution in [-0.2, 0) is 9.59 Å². The van der Waals surface area contributed by atoms with Gasteiger partial charge in [0.15, 0.2) is 23.0 Å². The number of anilines is 1. The third-order valence-electron chi connectivity index (χ3n) is 6.67. The van der Waals surface area contributed by atoms with Gasteiger partial charge in [-0.2, -0.15) is 0 Å². The third kappa shape index (κ3) is 4.10. The van der Waals surface area contributed by atoms with E-state index >= 15 is 0 Å². The van der Waals surface area contributed by atoms with E-state index in [1.54, 1.807) is 42.5 Å². The van der Waals surface area contributed by atoms with Crippen molar-refractivity contribution in [2.75, 3.05) is 31.8 Å². The van der Waals surface area contributed by atoms with Gasteiger partial charge < -0.3 is 29.0 Å². The zero-order chi connectivity index (χ0) is 27.1. The molecule has 1 unspecified atom stereocenters. The highest BCUT2D eigenvalue weighted by Gasteiger charge is 2.48. The number of ether oxygens (including phenoxy) is 4. The van der Waals surface area contributed by atoms with Crippen LogP contribution in [0.15, 0.2) is 66.2 Å². The zero-order valence-electron chi connectivity index (χ0n) is 21.3. The molecule has 1 atom stereocenters. The maximum Gasteiger partial charge on any atom is 0.302 e. The standard InChI is InChI=1S/C29H25N3O7/c1-3-37-22-14-16(8-10-20(22)36-2)25-24(26(33)17-9-11-21-23(15-17)39-13-12-38-21)27(34)28(35)32(25)29-30-18-6-4-5-7-19(18)31-29/h4-11,14-15,25,33H,3,12-13H2,1-2H3,(H,30,31)/b26-24+. The van der Waals surface area contributed by atoms with Gasteiger partial charge in [0.25, 0.3) is 5.78 Å². The summed E-state index contributed by atoms with van der Waals surface area (Å²) in [7, 11) is 1.53. The third-order valence-corrected chi connectivity index (χ3v) is 6.67. The Kier molecular flexibility index (Phi) is 6.07. The molecule has 1 fully saturated rings. The van der Waals surface area contributed by atoms with Crippen molar-refractivity contribution in [3.05, 3.63) is 77.4 Å². The second-order valence-electron chi connectivity index (χ2n) is 8.95. The fourth-order valence-corrected chi connectivity index (χ4v) is 4.90. The number of nitrogens with zero attached hydrogens (tertiary/aromatic N) is 2. The Morgan fingerprint density at radius 1 is 1.05 bits per heavy atom. The van der Waals surface area contributed by atoms with Crippen LogP contribution in [0.3, 0.4) is 0 Å². The number of carbonyl (C=O) groups excluding carboxylic acids is 2. The van der Waals surface area contributed by atoms with Crippen LogP contribution < -0.4 is 23.8 Å². The van der Waals surface area contributed by atoms with Gasteiger partial charge in [-0.3, -0.25) is 14.5 Å². The molecule has 0 aliphatic carbocycles. The molecule has 3 aromatic carbocycles. The van der Waals surface area contributed by atoms with E-state index in [-0.39, 0.29) is 17.3 Å². The number of nitrogens with one attached hydrogen (secondary N) is 1. The van der Waals surface area contributed by atoms with E-state index in [1.165, 1.54) is 12.0 Å². The summed E-state index contributed by atoms with van der Waals surface area (Å²) in [5, 5.41) is 11.5. The van der Waals surface area contributed by atoms with Gasteiger partial charge in [-0.1, -0.05) is 18.2 Å². The number of imidazole rings is 1. The summed E-state index contributed by atoms with van der Waals surface area (Å²) < 4.78 is 22.4. The molecular weight excluding hydrogens is 502 g/mol. The monoisotopic (exact) mass is 527 g/mol. The normalized spacial score (nSPS) is 18.0. The van der Waals surface area contributed by atoms with E-state index in [0.717, 1.165) is 0 Å². The SMILES string of the molecule is CCOc1cc(C2/C(=C(\O)c3ccc4c(c3)OCCO4)C(=O)C(=O)N2c2nc3ccccc3[nH]2)ccc1OC. The van der Waals surface area contributed by atoms with Crippen LogP contribution in [0.4, 0.5) is 5.95 Å². The first-order valence-electron chi connectivity index (χ1n) is 12.5. The van der Waals surface area contributed by atoms with E-state index in [9.17, 15) is 14.7 Å². The van der Waals surface area contributed by atoms with E-state index < -0.39 is 17.7 Å². The first-order chi connectivity index (χ1) is 19.0. The summed E-state index contributed by atoms with van der Waals surface area (Å²) in [5.74, 6) is 0.0692. The Morgan fingerprint density at radius 2 is 1.85 bits per heavy atom. The average Bonchev–Trinajstić information content (AvgIpc) is 3.50. The van der Waals surface area contributed by atoms with E-state index in [4.69, 9.17) is 18.9 Å². The summed E-state index contributed by atoms with van der Waals surface area (Å²) in [5.41, 5.74) is 2.07. The van der Waals surface area contributed by atoms with Gasteiger partial charge in [0.2, 0.25) is 5.95 Å². The molecule has 2 aliphatic heterocycles. The summed E-state index contributed by atoms with van der Waals surface area (Å²) in [4.78, 5) is 36.1. The van der Waals surface area contributed by atoms with Gasteiger partial charge in [0.1, 0.15) is 19.0 Å². The van der Waals surface area contributed by atoms with Crippen LogP contribution in [0, 0.1) is 0 Å². The Balaban J connectivity index is 1.55. The largest absolute Gasteiger partial charge is 0.507 e. The molecule has 1 aromatic heterocycles. The summed E-state index contributed by atoms with van der Waals surface area (Å²) in [6, 6.07) is 16.3. The van der Waals surface area contributed by atoms with Crippen molar-refractivity contribution >= 4 is 34.4 Å². The van der Waals surface area contributed by atoms with E-state index in [0.29, 0.717) is 65.0 Å². The van der Waals surface area contributed by atoms with Gasteiger partial charge in [0, 0.05) is 5.56 Å². The molecule has 198 valence electrons. The van der Waals surface area contributed by atoms with Crippen LogP contribution in [0.2, 0.25) is 0 Å². The van der Waals surface area contributed by atoms with Crippen LogP contribution in [0.5, 0.6) is 23.0 Å². The van der Waals surface area contributed by atoms with Crippen molar-refractivity contribution in [1.82, 2.24) is 9.97 Å². The number of H-pyrrole nitrogens is 1. The molecule has 2 aliphatic rings. The first kappa shape index (κ1) is 24.4. The second kappa shape index (κ2) is 9.71. The number of ketones is 1. The number of benzene rings is 3. The van der Waals surface area contributed by atoms with Crippen molar-refractivity contribution < 1.29 is 33.6 Å². The number of aromatic amines is 1. The Morgan fingerprint density at radius 3 is 2.62 bits per heavy atom. The van der Waals surface area contributed by atoms with Crippen LogP contribution in [-0.4, -0.2) is 53.7 Å². The average molecular weight is 528 g/mol. The first-order valence-corrected chi connectivity index (χ1v) is 12.5. The number of aliphatic hydroxyl groups is 1. The summed E-state index contributed by atoms with van der Waals surface area (Å²) >= 11 is 0. The molecule has 39 heavy (non-hydrogen) atoms. The van der Waals surface area contributed by atoms with Crippen LogP contribution >= 0.6 is 0 Å². The predicted octanol–water partition coefficient (Wildman–Crippen LogP) is 4.37. The minimum absolute atomic E-state index is 0.0928. The summed E-state index contributed by atoms with van der Waals surface area (Å²) in [6.45, 7) is 3.00. The number of hydrogen-bond donors (Lipinski definition) is 2. The Bertz CT molecular complexity index is 1610. The number of hydrogen-bond acceptors (Lipinski definition) is 8. The number of amides is 1. The zero-order valence-corrected chi connectivity index (χ0v) is 21.3. The lowest BCUT2D eigenvalue weighted by atomic mass is 9.95. The number of para-hydroxylation sites is 2. The van der Waals surface area contributed by atoms with Gasteiger partial charge in [0.05, 0.1) is 36.4 Å². The molecule has 10 nitrogen and oxygen atoms in total. The number of aromatic nitrogens is 2. The minimum atomic E-state index is -1.01. The fourth-order valence-electron chi connectivity index (χ4n) is 4.90. The number of carbonyl (C=O) groups is 2. The van der Waals surface area contributed by atoms with Gasteiger partial charge in [-0.05, 0) is 55.0 Å². The maximum atomic E-state index is 13.6. The van der Waals surface area contributed by atoms with Gasteiger partial charge >= 0.3 is 5.91 Å². The van der Waals surface area contributed by atoms with Crippen molar-refractivity contribution in [2.24, 2.45) is 0 Å². The number of methoxy groups -OCH3 is 1. The minimum Gasteiger partial charge on any atom is -0.507 e. The molecule has 2 N–H and O–H groups in total. The maximum absolute atomic E-state index is 13.6. The highest BCUT2D eigenvalue weighted by Crippen LogP contribution is 2.44. The van der Waals surface area contributed by atoms with Crippen LogP contribution in [0.1, 0.15) is 24.1 Å². The fraction of sp³-hybridized carbons (Fsp3) is 0.207. The molecule has 0 bridgehead atoms.